The van der Waals surface area contributed by atoms with Gasteiger partial charge in [-0.1, -0.05) is 40.9 Å². The molecule has 4 heteroatoms. The summed E-state index contributed by atoms with van der Waals surface area (Å²) in [6, 6.07) is 7.66. The standard InChI is InChI=1S/C16H23BrO3/c1-2-19-16(18)13-14-8-7-9-15(12-14)20-11-6-4-3-5-10-17/h7-9,12H,2-6,10-11,13H2,1H3. The van der Waals surface area contributed by atoms with E-state index >= 15 is 0 Å². The summed E-state index contributed by atoms with van der Waals surface area (Å²) in [6.07, 6.45) is 5.01. The van der Waals surface area contributed by atoms with Gasteiger partial charge in [0.15, 0.2) is 0 Å². The number of unbranched alkanes of at least 4 members (excludes halogenated alkanes) is 3. The molecule has 20 heavy (non-hydrogen) atoms. The van der Waals surface area contributed by atoms with Gasteiger partial charge in [0.1, 0.15) is 5.75 Å². The fourth-order valence-corrected chi connectivity index (χ4v) is 2.26. The third-order valence-electron chi connectivity index (χ3n) is 2.85. The van der Waals surface area contributed by atoms with Crippen LogP contribution in [0.25, 0.3) is 0 Å². The maximum atomic E-state index is 11.4. The predicted octanol–water partition coefficient (Wildman–Crippen LogP) is 4.13. The average Bonchev–Trinajstić information content (AvgIpc) is 2.43. The average molecular weight is 343 g/mol. The SMILES string of the molecule is CCOC(=O)Cc1cccc(OCCCCCCBr)c1. The molecule has 0 saturated heterocycles. The number of halogens is 1. The Morgan fingerprint density at radius 1 is 1.20 bits per heavy atom. The molecule has 0 bridgehead atoms. The molecule has 0 aromatic heterocycles. The summed E-state index contributed by atoms with van der Waals surface area (Å²) in [7, 11) is 0. The minimum Gasteiger partial charge on any atom is -0.494 e. The van der Waals surface area contributed by atoms with E-state index in [1.807, 2.05) is 31.2 Å². The van der Waals surface area contributed by atoms with E-state index in [9.17, 15) is 4.79 Å². The van der Waals surface area contributed by atoms with Crippen molar-refractivity contribution in [2.75, 3.05) is 18.5 Å². The van der Waals surface area contributed by atoms with Gasteiger partial charge < -0.3 is 9.47 Å². The molecule has 3 nitrogen and oxygen atoms in total. The van der Waals surface area contributed by atoms with Crippen LogP contribution in [0, 0.1) is 0 Å². The molecule has 0 unspecified atom stereocenters. The minimum absolute atomic E-state index is 0.195. The number of esters is 1. The smallest absolute Gasteiger partial charge is 0.310 e. The minimum atomic E-state index is -0.195. The van der Waals surface area contributed by atoms with Crippen LogP contribution in [0.4, 0.5) is 0 Å². The van der Waals surface area contributed by atoms with Gasteiger partial charge in [0, 0.05) is 5.33 Å². The molecule has 0 aliphatic rings. The van der Waals surface area contributed by atoms with Gasteiger partial charge in [0.2, 0.25) is 0 Å². The van der Waals surface area contributed by atoms with E-state index in [2.05, 4.69) is 15.9 Å². The van der Waals surface area contributed by atoms with Crippen molar-refractivity contribution < 1.29 is 14.3 Å². The Balaban J connectivity index is 2.30. The van der Waals surface area contributed by atoms with Crippen molar-refractivity contribution in [2.45, 2.75) is 39.0 Å². The highest BCUT2D eigenvalue weighted by Crippen LogP contribution is 2.15. The lowest BCUT2D eigenvalue weighted by Gasteiger charge is -2.08. The Morgan fingerprint density at radius 2 is 2.00 bits per heavy atom. The molecule has 0 heterocycles. The van der Waals surface area contributed by atoms with Crippen LogP contribution in [0.5, 0.6) is 5.75 Å². The summed E-state index contributed by atoms with van der Waals surface area (Å²) >= 11 is 3.42. The first kappa shape index (κ1) is 17.0. The van der Waals surface area contributed by atoms with Gasteiger partial charge in [-0.05, 0) is 37.5 Å². The first-order valence-electron chi connectivity index (χ1n) is 7.19. The Hall–Kier alpha value is -1.03. The summed E-state index contributed by atoms with van der Waals surface area (Å²) in [6.45, 7) is 2.96. The van der Waals surface area contributed by atoms with Crippen LogP contribution in [-0.4, -0.2) is 24.5 Å². The van der Waals surface area contributed by atoms with E-state index in [0.29, 0.717) is 13.0 Å². The van der Waals surface area contributed by atoms with E-state index in [0.717, 1.165) is 29.7 Å². The predicted molar refractivity (Wildman–Crippen MR) is 84.5 cm³/mol. The van der Waals surface area contributed by atoms with Crippen molar-refractivity contribution in [2.24, 2.45) is 0 Å². The number of carbonyl (C=O) groups excluding carboxylic acids is 1. The van der Waals surface area contributed by atoms with Crippen LogP contribution in [0.15, 0.2) is 24.3 Å². The number of carbonyl (C=O) groups is 1. The van der Waals surface area contributed by atoms with E-state index in [1.165, 1.54) is 19.3 Å². The molecule has 0 N–H and O–H groups in total. The molecule has 0 amide bonds. The van der Waals surface area contributed by atoms with E-state index in [4.69, 9.17) is 9.47 Å². The normalized spacial score (nSPS) is 10.3. The zero-order valence-electron chi connectivity index (χ0n) is 12.1. The summed E-state index contributed by atoms with van der Waals surface area (Å²) in [4.78, 5) is 11.4. The van der Waals surface area contributed by atoms with Gasteiger partial charge >= 0.3 is 5.97 Å². The van der Waals surface area contributed by atoms with Gasteiger partial charge in [0.05, 0.1) is 19.6 Å². The van der Waals surface area contributed by atoms with Gasteiger partial charge in [0.25, 0.3) is 0 Å². The van der Waals surface area contributed by atoms with Crippen LogP contribution in [0.1, 0.15) is 38.2 Å². The van der Waals surface area contributed by atoms with Crippen molar-refractivity contribution in [1.29, 1.82) is 0 Å². The molecule has 0 spiro atoms. The van der Waals surface area contributed by atoms with Crippen LogP contribution >= 0.6 is 15.9 Å². The lowest BCUT2D eigenvalue weighted by molar-refractivity contribution is -0.142. The number of ether oxygens (including phenoxy) is 2. The van der Waals surface area contributed by atoms with Crippen LogP contribution in [0.2, 0.25) is 0 Å². The first-order chi connectivity index (χ1) is 9.76. The molecule has 1 aromatic carbocycles. The lowest BCUT2D eigenvalue weighted by Crippen LogP contribution is -2.07. The Morgan fingerprint density at radius 3 is 2.75 bits per heavy atom. The Kier molecular flexibility index (Phi) is 9.13. The van der Waals surface area contributed by atoms with Crippen molar-refractivity contribution in [3.63, 3.8) is 0 Å². The highest BCUT2D eigenvalue weighted by atomic mass is 79.9. The van der Waals surface area contributed by atoms with Crippen LogP contribution < -0.4 is 4.74 Å². The summed E-state index contributed by atoms with van der Waals surface area (Å²) in [5, 5.41) is 1.07. The topological polar surface area (TPSA) is 35.5 Å². The maximum Gasteiger partial charge on any atom is 0.310 e. The second kappa shape index (κ2) is 10.7. The molecule has 0 radical (unpaired) electrons. The van der Waals surface area contributed by atoms with E-state index in [1.54, 1.807) is 0 Å². The van der Waals surface area contributed by atoms with E-state index in [-0.39, 0.29) is 5.97 Å². The third-order valence-corrected chi connectivity index (χ3v) is 3.41. The highest BCUT2D eigenvalue weighted by Gasteiger charge is 2.04. The van der Waals surface area contributed by atoms with Crippen molar-refractivity contribution >= 4 is 21.9 Å². The fraction of sp³-hybridized carbons (Fsp3) is 0.562. The number of benzene rings is 1. The van der Waals surface area contributed by atoms with Crippen molar-refractivity contribution in [3.05, 3.63) is 29.8 Å². The quantitative estimate of drug-likeness (QED) is 0.364. The Bertz CT molecular complexity index is 393. The first-order valence-corrected chi connectivity index (χ1v) is 8.31. The number of alkyl halides is 1. The second-order valence-corrected chi connectivity index (χ2v) is 5.37. The molecular formula is C16H23BrO3. The second-order valence-electron chi connectivity index (χ2n) is 4.58. The summed E-state index contributed by atoms with van der Waals surface area (Å²) < 4.78 is 10.6. The lowest BCUT2D eigenvalue weighted by atomic mass is 10.1. The van der Waals surface area contributed by atoms with E-state index < -0.39 is 0 Å². The molecule has 1 aromatic rings. The monoisotopic (exact) mass is 342 g/mol. The molecule has 0 aliphatic heterocycles. The zero-order chi connectivity index (χ0) is 14.6. The van der Waals surface area contributed by atoms with Gasteiger partial charge in [-0.25, -0.2) is 0 Å². The molecule has 0 fully saturated rings. The molecule has 1 rings (SSSR count). The maximum absolute atomic E-state index is 11.4. The molecular weight excluding hydrogens is 320 g/mol. The van der Waals surface area contributed by atoms with Gasteiger partial charge in [-0.3, -0.25) is 4.79 Å². The van der Waals surface area contributed by atoms with Gasteiger partial charge in [-0.15, -0.1) is 0 Å². The molecule has 112 valence electrons. The molecule has 0 aliphatic carbocycles. The van der Waals surface area contributed by atoms with Crippen molar-refractivity contribution in [1.82, 2.24) is 0 Å². The van der Waals surface area contributed by atoms with Gasteiger partial charge in [-0.2, -0.15) is 0 Å². The number of rotatable bonds is 10. The summed E-state index contributed by atoms with van der Waals surface area (Å²) in [5.74, 6) is 0.631. The third kappa shape index (κ3) is 7.53. The van der Waals surface area contributed by atoms with Crippen molar-refractivity contribution in [3.8, 4) is 5.75 Å². The number of hydrogen-bond donors (Lipinski definition) is 0. The van der Waals surface area contributed by atoms with Crippen LogP contribution in [0.3, 0.4) is 0 Å². The Labute approximate surface area is 129 Å². The van der Waals surface area contributed by atoms with Crippen LogP contribution in [-0.2, 0) is 16.0 Å². The highest BCUT2D eigenvalue weighted by molar-refractivity contribution is 9.09. The fourth-order valence-electron chi connectivity index (χ4n) is 1.86. The zero-order valence-corrected chi connectivity index (χ0v) is 13.7. The summed E-state index contributed by atoms with van der Waals surface area (Å²) in [5.41, 5.74) is 0.931. The number of hydrogen-bond acceptors (Lipinski definition) is 3. The molecule has 0 atom stereocenters. The molecule has 0 saturated carbocycles. The largest absolute Gasteiger partial charge is 0.494 e.